The number of piperidine rings is 1. The Balaban J connectivity index is 1.44. The second-order valence-electron chi connectivity index (χ2n) is 7.36. The number of amides is 1. The maximum absolute atomic E-state index is 13.2. The molecule has 0 unspecified atom stereocenters. The Morgan fingerprint density at radius 3 is 2.38 bits per heavy atom. The van der Waals surface area contributed by atoms with E-state index in [9.17, 15) is 9.59 Å². The molecule has 1 saturated heterocycles. The summed E-state index contributed by atoms with van der Waals surface area (Å²) >= 11 is 0. The van der Waals surface area contributed by atoms with Gasteiger partial charge in [0.1, 0.15) is 0 Å². The minimum Gasteiger partial charge on any atom is -0.478 e. The van der Waals surface area contributed by atoms with Gasteiger partial charge in [-0.05, 0) is 36.5 Å². The molecule has 1 aliphatic rings. The molecule has 4 rings (SSSR count). The molecule has 0 atom stereocenters. The van der Waals surface area contributed by atoms with Crippen molar-refractivity contribution in [1.29, 1.82) is 0 Å². The number of aromatic nitrogens is 2. The molecule has 1 aromatic heterocycles. The average molecular weight is 389 g/mol. The minimum atomic E-state index is -0.973. The topological polar surface area (TPSA) is 75.4 Å². The van der Waals surface area contributed by atoms with E-state index in [1.807, 2.05) is 47.4 Å². The maximum atomic E-state index is 13.2. The van der Waals surface area contributed by atoms with Gasteiger partial charge in [-0.3, -0.25) is 9.48 Å². The first kappa shape index (κ1) is 18.9. The lowest BCUT2D eigenvalue weighted by Gasteiger charge is -2.32. The zero-order chi connectivity index (χ0) is 20.2. The lowest BCUT2D eigenvalue weighted by Crippen LogP contribution is -2.39. The van der Waals surface area contributed by atoms with Crippen LogP contribution in [0.25, 0.3) is 0 Å². The fourth-order valence-electron chi connectivity index (χ4n) is 3.85. The van der Waals surface area contributed by atoms with Gasteiger partial charge < -0.3 is 10.0 Å². The number of nitrogens with zero attached hydrogens (tertiary/aromatic N) is 3. The SMILES string of the molecule is O=C(O)c1cnn(C2CCN(C(=O)c3ccccc3Cc3ccccc3)CC2)c1. The zero-order valence-corrected chi connectivity index (χ0v) is 16.1. The van der Waals surface area contributed by atoms with Gasteiger partial charge in [0.15, 0.2) is 0 Å². The van der Waals surface area contributed by atoms with Gasteiger partial charge in [0.05, 0.1) is 17.8 Å². The molecular weight excluding hydrogens is 366 g/mol. The number of rotatable bonds is 5. The Hall–Kier alpha value is -3.41. The monoisotopic (exact) mass is 389 g/mol. The number of likely N-dealkylation sites (tertiary alicyclic amines) is 1. The molecule has 6 nitrogen and oxygen atoms in total. The molecular formula is C23H23N3O3. The highest BCUT2D eigenvalue weighted by Crippen LogP contribution is 2.25. The first-order valence-corrected chi connectivity index (χ1v) is 9.80. The smallest absolute Gasteiger partial charge is 0.338 e. The van der Waals surface area contributed by atoms with Crippen LogP contribution in [0, 0.1) is 0 Å². The Morgan fingerprint density at radius 2 is 1.69 bits per heavy atom. The molecule has 3 aromatic rings. The molecule has 1 amide bonds. The lowest BCUT2D eigenvalue weighted by atomic mass is 9.97. The highest BCUT2D eigenvalue weighted by atomic mass is 16.4. The van der Waals surface area contributed by atoms with Crippen molar-refractivity contribution in [1.82, 2.24) is 14.7 Å². The molecule has 1 N–H and O–H groups in total. The van der Waals surface area contributed by atoms with Crippen molar-refractivity contribution in [2.45, 2.75) is 25.3 Å². The second-order valence-corrected chi connectivity index (χ2v) is 7.36. The zero-order valence-electron chi connectivity index (χ0n) is 16.1. The van der Waals surface area contributed by atoms with Gasteiger partial charge in [0.25, 0.3) is 5.91 Å². The van der Waals surface area contributed by atoms with E-state index < -0.39 is 5.97 Å². The summed E-state index contributed by atoms with van der Waals surface area (Å²) in [6.45, 7) is 1.26. The van der Waals surface area contributed by atoms with Crippen LogP contribution in [0.15, 0.2) is 67.0 Å². The highest BCUT2D eigenvalue weighted by Gasteiger charge is 2.26. The van der Waals surface area contributed by atoms with Gasteiger partial charge in [-0.1, -0.05) is 48.5 Å². The fraction of sp³-hybridized carbons (Fsp3) is 0.261. The van der Waals surface area contributed by atoms with Crippen LogP contribution in [0.5, 0.6) is 0 Å². The third kappa shape index (κ3) is 4.21. The summed E-state index contributed by atoms with van der Waals surface area (Å²) in [5.41, 5.74) is 3.16. The second kappa shape index (κ2) is 8.31. The predicted molar refractivity (Wildman–Crippen MR) is 109 cm³/mol. The van der Waals surface area contributed by atoms with E-state index in [1.54, 1.807) is 10.9 Å². The lowest BCUT2D eigenvalue weighted by molar-refractivity contribution is 0.0687. The van der Waals surface area contributed by atoms with E-state index in [2.05, 4.69) is 17.2 Å². The quantitative estimate of drug-likeness (QED) is 0.723. The number of hydrogen-bond donors (Lipinski definition) is 1. The molecule has 6 heteroatoms. The number of carboxylic acids is 1. The van der Waals surface area contributed by atoms with Crippen LogP contribution in [-0.2, 0) is 6.42 Å². The summed E-state index contributed by atoms with van der Waals surface area (Å²) < 4.78 is 1.72. The van der Waals surface area contributed by atoms with Gasteiger partial charge in [-0.25, -0.2) is 4.79 Å². The molecule has 0 bridgehead atoms. The van der Waals surface area contributed by atoms with E-state index in [-0.39, 0.29) is 17.5 Å². The molecule has 2 aromatic carbocycles. The van der Waals surface area contributed by atoms with Crippen molar-refractivity contribution in [3.05, 3.63) is 89.2 Å². The van der Waals surface area contributed by atoms with Crippen LogP contribution in [-0.4, -0.2) is 44.8 Å². The number of carbonyl (C=O) groups is 2. The Labute approximate surface area is 169 Å². The molecule has 1 fully saturated rings. The first-order valence-electron chi connectivity index (χ1n) is 9.80. The van der Waals surface area contributed by atoms with Gasteiger partial charge in [-0.15, -0.1) is 0 Å². The molecule has 29 heavy (non-hydrogen) atoms. The summed E-state index contributed by atoms with van der Waals surface area (Å²) in [6, 6.07) is 18.1. The van der Waals surface area contributed by atoms with Crippen molar-refractivity contribution in [2.24, 2.45) is 0 Å². The number of aromatic carboxylic acids is 1. The Morgan fingerprint density at radius 1 is 1.00 bits per heavy atom. The van der Waals surface area contributed by atoms with Crippen molar-refractivity contribution < 1.29 is 14.7 Å². The summed E-state index contributed by atoms with van der Waals surface area (Å²) in [6.07, 6.45) is 5.18. The standard InChI is InChI=1S/C23H23N3O3/c27-22(21-9-5-4-8-18(21)14-17-6-2-1-3-7-17)25-12-10-20(11-13-25)26-16-19(15-24-26)23(28)29/h1-9,15-16,20H,10-14H2,(H,28,29). The number of carbonyl (C=O) groups excluding carboxylic acids is 1. The summed E-state index contributed by atoms with van der Waals surface area (Å²) in [7, 11) is 0. The summed E-state index contributed by atoms with van der Waals surface area (Å²) in [5.74, 6) is -0.916. The Bertz CT molecular complexity index is 1000. The van der Waals surface area contributed by atoms with E-state index in [0.29, 0.717) is 13.1 Å². The minimum absolute atomic E-state index is 0.0571. The normalized spacial score (nSPS) is 14.7. The molecule has 0 spiro atoms. The van der Waals surface area contributed by atoms with E-state index >= 15 is 0 Å². The average Bonchev–Trinajstić information content (AvgIpc) is 3.25. The Kier molecular flexibility index (Phi) is 5.42. The van der Waals surface area contributed by atoms with Gasteiger partial charge in [-0.2, -0.15) is 5.10 Å². The number of hydrogen-bond acceptors (Lipinski definition) is 3. The maximum Gasteiger partial charge on any atom is 0.338 e. The molecule has 2 heterocycles. The third-order valence-corrected chi connectivity index (χ3v) is 5.46. The number of benzene rings is 2. The number of carboxylic acid groups (broad SMARTS) is 1. The van der Waals surface area contributed by atoms with Gasteiger partial charge >= 0.3 is 5.97 Å². The summed E-state index contributed by atoms with van der Waals surface area (Å²) in [4.78, 5) is 26.1. The van der Waals surface area contributed by atoms with Crippen LogP contribution in [0.4, 0.5) is 0 Å². The van der Waals surface area contributed by atoms with Crippen molar-refractivity contribution in [2.75, 3.05) is 13.1 Å². The van der Waals surface area contributed by atoms with E-state index in [0.717, 1.165) is 30.4 Å². The molecule has 148 valence electrons. The van der Waals surface area contributed by atoms with Crippen molar-refractivity contribution in [3.63, 3.8) is 0 Å². The predicted octanol–water partition coefficient (Wildman–Crippen LogP) is 3.65. The molecule has 0 saturated carbocycles. The molecule has 1 aliphatic heterocycles. The van der Waals surface area contributed by atoms with Gasteiger partial charge in [0.2, 0.25) is 0 Å². The highest BCUT2D eigenvalue weighted by molar-refractivity contribution is 5.96. The molecule has 0 radical (unpaired) electrons. The van der Waals surface area contributed by atoms with Crippen LogP contribution >= 0.6 is 0 Å². The largest absolute Gasteiger partial charge is 0.478 e. The van der Waals surface area contributed by atoms with E-state index in [1.165, 1.54) is 11.8 Å². The summed E-state index contributed by atoms with van der Waals surface area (Å²) in [5, 5.41) is 13.2. The van der Waals surface area contributed by atoms with Crippen LogP contribution < -0.4 is 0 Å². The van der Waals surface area contributed by atoms with Crippen LogP contribution in [0.1, 0.15) is 50.7 Å². The first-order chi connectivity index (χ1) is 14.1. The molecule has 0 aliphatic carbocycles. The fourth-order valence-corrected chi connectivity index (χ4v) is 3.85. The van der Waals surface area contributed by atoms with Crippen molar-refractivity contribution in [3.8, 4) is 0 Å². The van der Waals surface area contributed by atoms with E-state index in [4.69, 9.17) is 5.11 Å². The van der Waals surface area contributed by atoms with Crippen LogP contribution in [0.2, 0.25) is 0 Å². The van der Waals surface area contributed by atoms with Crippen molar-refractivity contribution >= 4 is 11.9 Å². The third-order valence-electron chi connectivity index (χ3n) is 5.46. The van der Waals surface area contributed by atoms with Crippen LogP contribution in [0.3, 0.4) is 0 Å². The van der Waals surface area contributed by atoms with Gasteiger partial charge in [0, 0.05) is 24.8 Å².